The molecule has 0 spiro atoms. The van der Waals surface area contributed by atoms with Crippen LogP contribution >= 0.6 is 12.2 Å². The summed E-state index contributed by atoms with van der Waals surface area (Å²) in [7, 11) is 0. The highest BCUT2D eigenvalue weighted by Crippen LogP contribution is 2.19. The zero-order valence-electron chi connectivity index (χ0n) is 15.2. The van der Waals surface area contributed by atoms with Gasteiger partial charge < -0.3 is 19.7 Å². The smallest absolute Gasteiger partial charge is 0.264 e. The molecule has 0 bridgehead atoms. The standard InChI is InChI=1S/C20H23N3O3S/c1-15-2-8-18(9-3-15)26-14-19(24)22-20(27)21-16-4-6-17(7-5-16)23-10-12-25-13-11-23/h2-9H,10-14H2,1H3,(H2,21,22,24,27). The minimum atomic E-state index is -0.307. The number of nitrogens with zero attached hydrogens (tertiary/aromatic N) is 1. The van der Waals surface area contributed by atoms with Gasteiger partial charge in [-0.05, 0) is 55.5 Å². The zero-order chi connectivity index (χ0) is 19.1. The largest absolute Gasteiger partial charge is 0.484 e. The lowest BCUT2D eigenvalue weighted by molar-refractivity contribution is -0.121. The van der Waals surface area contributed by atoms with Gasteiger partial charge in [0.2, 0.25) is 0 Å². The quantitative estimate of drug-likeness (QED) is 0.772. The van der Waals surface area contributed by atoms with E-state index in [2.05, 4.69) is 15.5 Å². The lowest BCUT2D eigenvalue weighted by Gasteiger charge is -2.28. The maximum atomic E-state index is 12.0. The Kier molecular flexibility index (Phi) is 6.62. The summed E-state index contributed by atoms with van der Waals surface area (Å²) in [4.78, 5) is 14.2. The molecule has 142 valence electrons. The summed E-state index contributed by atoms with van der Waals surface area (Å²) in [5.74, 6) is 0.339. The number of aryl methyl sites for hydroxylation is 1. The number of rotatable bonds is 5. The normalized spacial score (nSPS) is 13.7. The average Bonchev–Trinajstić information content (AvgIpc) is 2.69. The summed E-state index contributed by atoms with van der Waals surface area (Å²) >= 11 is 5.19. The Morgan fingerprint density at radius 2 is 1.78 bits per heavy atom. The summed E-state index contributed by atoms with van der Waals surface area (Å²) in [6, 6.07) is 15.4. The Bertz CT molecular complexity index is 772. The Morgan fingerprint density at radius 1 is 1.11 bits per heavy atom. The Labute approximate surface area is 164 Å². The highest BCUT2D eigenvalue weighted by molar-refractivity contribution is 7.80. The molecule has 6 nitrogen and oxygen atoms in total. The number of anilines is 2. The van der Waals surface area contributed by atoms with Crippen molar-refractivity contribution in [1.29, 1.82) is 0 Å². The van der Waals surface area contributed by atoms with Crippen LogP contribution in [0, 0.1) is 6.92 Å². The molecule has 1 aliphatic rings. The molecule has 0 atom stereocenters. The maximum absolute atomic E-state index is 12.0. The number of thiocarbonyl (C=S) groups is 1. The average molecular weight is 385 g/mol. The van der Waals surface area contributed by atoms with Gasteiger partial charge in [0.05, 0.1) is 13.2 Å². The molecule has 0 unspecified atom stereocenters. The Hall–Kier alpha value is -2.64. The molecule has 0 aromatic heterocycles. The molecule has 0 radical (unpaired) electrons. The molecule has 1 fully saturated rings. The first-order valence-corrected chi connectivity index (χ1v) is 9.24. The molecular weight excluding hydrogens is 362 g/mol. The van der Waals surface area contributed by atoms with Crippen molar-refractivity contribution in [3.63, 3.8) is 0 Å². The summed E-state index contributed by atoms with van der Waals surface area (Å²) < 4.78 is 10.8. The van der Waals surface area contributed by atoms with E-state index in [1.807, 2.05) is 55.5 Å². The third-order valence-corrected chi connectivity index (χ3v) is 4.35. The van der Waals surface area contributed by atoms with Crippen molar-refractivity contribution in [2.24, 2.45) is 0 Å². The highest BCUT2D eigenvalue weighted by atomic mass is 32.1. The monoisotopic (exact) mass is 385 g/mol. The van der Waals surface area contributed by atoms with Gasteiger partial charge in [-0.3, -0.25) is 10.1 Å². The molecule has 0 saturated carbocycles. The van der Waals surface area contributed by atoms with Crippen molar-refractivity contribution in [3.8, 4) is 5.75 Å². The zero-order valence-corrected chi connectivity index (χ0v) is 16.1. The van der Waals surface area contributed by atoms with Crippen molar-refractivity contribution in [3.05, 3.63) is 54.1 Å². The first kappa shape index (κ1) is 19.1. The van der Waals surface area contributed by atoms with Gasteiger partial charge in [0, 0.05) is 24.5 Å². The number of hydrogen-bond donors (Lipinski definition) is 2. The van der Waals surface area contributed by atoms with Crippen molar-refractivity contribution >= 4 is 34.6 Å². The van der Waals surface area contributed by atoms with Crippen LogP contribution < -0.4 is 20.3 Å². The molecule has 2 aromatic carbocycles. The maximum Gasteiger partial charge on any atom is 0.264 e. The minimum absolute atomic E-state index is 0.0964. The van der Waals surface area contributed by atoms with E-state index in [-0.39, 0.29) is 17.6 Å². The van der Waals surface area contributed by atoms with Crippen LogP contribution in [0.4, 0.5) is 11.4 Å². The van der Waals surface area contributed by atoms with E-state index in [0.29, 0.717) is 5.75 Å². The fourth-order valence-electron chi connectivity index (χ4n) is 2.69. The molecule has 1 saturated heterocycles. The van der Waals surface area contributed by atoms with E-state index in [9.17, 15) is 4.79 Å². The van der Waals surface area contributed by atoms with Gasteiger partial charge in [0.1, 0.15) is 5.75 Å². The molecule has 2 N–H and O–H groups in total. The van der Waals surface area contributed by atoms with Crippen LogP contribution in [0.3, 0.4) is 0 Å². The topological polar surface area (TPSA) is 62.8 Å². The van der Waals surface area contributed by atoms with E-state index < -0.39 is 0 Å². The van der Waals surface area contributed by atoms with Crippen LogP contribution in [0.25, 0.3) is 0 Å². The second kappa shape index (κ2) is 9.34. The molecule has 27 heavy (non-hydrogen) atoms. The lowest BCUT2D eigenvalue weighted by atomic mass is 10.2. The lowest BCUT2D eigenvalue weighted by Crippen LogP contribution is -2.37. The number of amides is 1. The van der Waals surface area contributed by atoms with Crippen LogP contribution in [0.5, 0.6) is 5.75 Å². The van der Waals surface area contributed by atoms with Gasteiger partial charge in [-0.15, -0.1) is 0 Å². The first-order valence-electron chi connectivity index (χ1n) is 8.83. The van der Waals surface area contributed by atoms with Crippen LogP contribution in [0.15, 0.2) is 48.5 Å². The Morgan fingerprint density at radius 3 is 2.44 bits per heavy atom. The highest BCUT2D eigenvalue weighted by Gasteiger charge is 2.11. The van der Waals surface area contributed by atoms with Crippen molar-refractivity contribution in [2.75, 3.05) is 43.1 Å². The van der Waals surface area contributed by atoms with Gasteiger partial charge in [-0.1, -0.05) is 17.7 Å². The van der Waals surface area contributed by atoms with E-state index in [1.165, 1.54) is 0 Å². The number of benzene rings is 2. The molecular formula is C20H23N3O3S. The van der Waals surface area contributed by atoms with Crippen LogP contribution in [-0.2, 0) is 9.53 Å². The minimum Gasteiger partial charge on any atom is -0.484 e. The molecule has 0 aliphatic carbocycles. The number of carbonyl (C=O) groups excluding carboxylic acids is 1. The summed E-state index contributed by atoms with van der Waals surface area (Å²) in [6.45, 7) is 5.18. The van der Waals surface area contributed by atoms with Crippen molar-refractivity contribution in [1.82, 2.24) is 5.32 Å². The van der Waals surface area contributed by atoms with Gasteiger partial charge >= 0.3 is 0 Å². The second-order valence-electron chi connectivity index (χ2n) is 6.25. The number of ether oxygens (including phenoxy) is 2. The number of carbonyl (C=O) groups is 1. The fourth-order valence-corrected chi connectivity index (χ4v) is 2.92. The Balaban J connectivity index is 1.44. The predicted octanol–water partition coefficient (Wildman–Crippen LogP) is 2.72. The van der Waals surface area contributed by atoms with Gasteiger partial charge in [0.25, 0.3) is 5.91 Å². The van der Waals surface area contributed by atoms with Crippen LogP contribution in [0.2, 0.25) is 0 Å². The van der Waals surface area contributed by atoms with Gasteiger partial charge in [-0.25, -0.2) is 0 Å². The summed E-state index contributed by atoms with van der Waals surface area (Å²) in [5.41, 5.74) is 3.10. The molecule has 1 amide bonds. The molecule has 3 rings (SSSR count). The molecule has 1 aliphatic heterocycles. The van der Waals surface area contributed by atoms with Gasteiger partial charge in [-0.2, -0.15) is 0 Å². The first-order chi connectivity index (χ1) is 13.1. The molecule has 7 heteroatoms. The van der Waals surface area contributed by atoms with Gasteiger partial charge in [0.15, 0.2) is 11.7 Å². The SMILES string of the molecule is Cc1ccc(OCC(=O)NC(=S)Nc2ccc(N3CCOCC3)cc2)cc1. The van der Waals surface area contributed by atoms with Crippen molar-refractivity contribution in [2.45, 2.75) is 6.92 Å². The van der Waals surface area contributed by atoms with Crippen LogP contribution in [0.1, 0.15) is 5.56 Å². The van der Waals surface area contributed by atoms with Crippen LogP contribution in [-0.4, -0.2) is 43.9 Å². The van der Waals surface area contributed by atoms with E-state index >= 15 is 0 Å². The second-order valence-corrected chi connectivity index (χ2v) is 6.66. The predicted molar refractivity (Wildman–Crippen MR) is 111 cm³/mol. The summed E-state index contributed by atoms with van der Waals surface area (Å²) in [5, 5.41) is 5.87. The number of hydrogen-bond acceptors (Lipinski definition) is 5. The number of morpholine rings is 1. The number of nitrogens with one attached hydrogen (secondary N) is 2. The third kappa shape index (κ3) is 5.94. The molecule has 1 heterocycles. The molecule has 2 aromatic rings. The van der Waals surface area contributed by atoms with Crippen molar-refractivity contribution < 1.29 is 14.3 Å². The van der Waals surface area contributed by atoms with E-state index in [0.717, 1.165) is 43.2 Å². The fraction of sp³-hybridized carbons (Fsp3) is 0.300. The van der Waals surface area contributed by atoms with E-state index in [1.54, 1.807) is 0 Å². The third-order valence-electron chi connectivity index (χ3n) is 4.15. The summed E-state index contributed by atoms with van der Waals surface area (Å²) in [6.07, 6.45) is 0. The van der Waals surface area contributed by atoms with E-state index in [4.69, 9.17) is 21.7 Å².